The molecule has 41 heavy (non-hydrogen) atoms. The summed E-state index contributed by atoms with van der Waals surface area (Å²) >= 11 is 0. The molecule has 0 fully saturated rings. The number of carbonyl (C=O) groups is 1. The van der Waals surface area contributed by atoms with Crippen molar-refractivity contribution in [2.75, 3.05) is 48.6 Å². The summed E-state index contributed by atoms with van der Waals surface area (Å²) in [6.07, 6.45) is 4.47. The number of hydrogen-bond acceptors (Lipinski definition) is 7. The summed E-state index contributed by atoms with van der Waals surface area (Å²) < 4.78 is 28.4. The number of methoxy groups -OCH3 is 5. The molecular weight excluding hydrogens is 520 g/mol. The van der Waals surface area contributed by atoms with Crippen molar-refractivity contribution in [1.29, 1.82) is 0 Å². The molecule has 0 spiro atoms. The summed E-state index contributed by atoms with van der Waals surface area (Å²) in [4.78, 5) is 15.8. The van der Waals surface area contributed by atoms with Crippen molar-refractivity contribution in [3.63, 3.8) is 0 Å². The molecule has 1 aliphatic carbocycles. The molecule has 1 aliphatic heterocycles. The van der Waals surface area contributed by atoms with Crippen LogP contribution in [0.5, 0.6) is 28.7 Å². The zero-order chi connectivity index (χ0) is 28.9. The third kappa shape index (κ3) is 5.79. The van der Waals surface area contributed by atoms with Crippen LogP contribution in [0.1, 0.15) is 52.7 Å². The summed E-state index contributed by atoms with van der Waals surface area (Å²) in [7, 11) is 8.17. The molecule has 2 atom stereocenters. The Labute approximate surface area is 242 Å². The lowest BCUT2D eigenvalue weighted by atomic mass is 9.86. The van der Waals surface area contributed by atoms with Gasteiger partial charge in [-0.05, 0) is 72.6 Å². The lowest BCUT2D eigenvalue weighted by molar-refractivity contribution is -0.123. The molecule has 8 nitrogen and oxygen atoms in total. The molecule has 0 bridgehead atoms. The quantitative estimate of drug-likeness (QED) is 0.371. The average molecular weight is 561 g/mol. The molecule has 0 saturated carbocycles. The second-order valence-electron chi connectivity index (χ2n) is 10.6. The van der Waals surface area contributed by atoms with E-state index in [1.54, 1.807) is 35.5 Å². The molecule has 0 aromatic heterocycles. The largest absolute Gasteiger partial charge is 0.493 e. The molecule has 1 amide bonds. The van der Waals surface area contributed by atoms with Crippen LogP contribution in [-0.2, 0) is 24.1 Å². The number of rotatable bonds is 10. The van der Waals surface area contributed by atoms with Crippen LogP contribution in [0.3, 0.4) is 0 Å². The molecule has 1 N–H and O–H groups in total. The van der Waals surface area contributed by atoms with Crippen molar-refractivity contribution in [2.24, 2.45) is 0 Å². The maximum absolute atomic E-state index is 13.6. The van der Waals surface area contributed by atoms with Crippen molar-refractivity contribution in [3.05, 3.63) is 76.3 Å². The van der Waals surface area contributed by atoms with Gasteiger partial charge in [-0.1, -0.05) is 30.3 Å². The third-order valence-corrected chi connectivity index (χ3v) is 8.32. The lowest BCUT2D eigenvalue weighted by Crippen LogP contribution is -2.44. The zero-order valence-corrected chi connectivity index (χ0v) is 24.6. The van der Waals surface area contributed by atoms with Crippen LogP contribution in [0.15, 0.2) is 48.5 Å². The standard InChI is InChI=1S/C33H40N2O6/c1-37-27-14-13-21(18-28(27)38-2)17-26-31-23(19-29(39-3)32(40-4)33(31)41-5)15-16-35(26)20-30(36)34-25-12-8-10-22-9-6-7-11-24(22)25/h6-7,9,11,13-14,18-19,25-26H,8,10,12,15-17,20H2,1-5H3,(H,34,36). The molecular formula is C33H40N2O6. The fraction of sp³-hybridized carbons (Fsp3) is 0.424. The fourth-order valence-corrected chi connectivity index (χ4v) is 6.38. The molecule has 1 heterocycles. The Kier molecular flexibility index (Phi) is 8.88. The highest BCUT2D eigenvalue weighted by Gasteiger charge is 2.35. The van der Waals surface area contributed by atoms with Gasteiger partial charge < -0.3 is 29.0 Å². The van der Waals surface area contributed by atoms with E-state index >= 15 is 0 Å². The van der Waals surface area contributed by atoms with Crippen molar-refractivity contribution in [1.82, 2.24) is 10.2 Å². The fourth-order valence-electron chi connectivity index (χ4n) is 6.38. The van der Waals surface area contributed by atoms with Gasteiger partial charge in [0.05, 0.1) is 48.1 Å². The minimum absolute atomic E-state index is 0.0203. The number of aryl methyl sites for hydroxylation is 1. The highest BCUT2D eigenvalue weighted by atomic mass is 16.5. The number of benzene rings is 3. The van der Waals surface area contributed by atoms with E-state index in [4.69, 9.17) is 23.7 Å². The molecule has 0 radical (unpaired) electrons. The van der Waals surface area contributed by atoms with E-state index in [1.165, 1.54) is 11.1 Å². The Bertz CT molecular complexity index is 1390. The first kappa shape index (κ1) is 28.6. The highest BCUT2D eigenvalue weighted by molar-refractivity contribution is 5.79. The van der Waals surface area contributed by atoms with Crippen LogP contribution in [-0.4, -0.2) is 59.4 Å². The first-order chi connectivity index (χ1) is 20.0. The Balaban J connectivity index is 1.48. The Hall–Kier alpha value is -3.91. The normalized spacial score (nSPS) is 18.1. The minimum atomic E-state index is -0.143. The smallest absolute Gasteiger partial charge is 0.234 e. The van der Waals surface area contributed by atoms with Gasteiger partial charge in [0.15, 0.2) is 23.0 Å². The Morgan fingerprint density at radius 1 is 0.829 bits per heavy atom. The van der Waals surface area contributed by atoms with E-state index in [9.17, 15) is 4.79 Å². The first-order valence-corrected chi connectivity index (χ1v) is 14.1. The Morgan fingerprint density at radius 3 is 2.32 bits per heavy atom. The molecule has 0 saturated heterocycles. The van der Waals surface area contributed by atoms with Crippen LogP contribution in [0.2, 0.25) is 0 Å². The van der Waals surface area contributed by atoms with E-state index in [2.05, 4.69) is 34.5 Å². The second kappa shape index (κ2) is 12.7. The summed E-state index contributed by atoms with van der Waals surface area (Å²) in [5.41, 5.74) is 5.76. The van der Waals surface area contributed by atoms with Crippen molar-refractivity contribution in [2.45, 2.75) is 44.2 Å². The maximum atomic E-state index is 13.6. The summed E-state index contributed by atoms with van der Waals surface area (Å²) in [6, 6.07) is 16.3. The number of hydrogen-bond donors (Lipinski definition) is 1. The number of nitrogens with one attached hydrogen (secondary N) is 1. The van der Waals surface area contributed by atoms with Crippen LogP contribution < -0.4 is 29.0 Å². The predicted octanol–water partition coefficient (Wildman–Crippen LogP) is 5.07. The van der Waals surface area contributed by atoms with Gasteiger partial charge >= 0.3 is 0 Å². The monoisotopic (exact) mass is 560 g/mol. The number of carbonyl (C=O) groups excluding carboxylic acids is 1. The van der Waals surface area contributed by atoms with Crippen molar-refractivity contribution in [3.8, 4) is 28.7 Å². The highest BCUT2D eigenvalue weighted by Crippen LogP contribution is 2.48. The summed E-state index contributed by atoms with van der Waals surface area (Å²) in [6.45, 7) is 0.992. The van der Waals surface area contributed by atoms with Gasteiger partial charge in [0.25, 0.3) is 0 Å². The molecule has 8 heteroatoms. The Morgan fingerprint density at radius 2 is 1.59 bits per heavy atom. The van der Waals surface area contributed by atoms with E-state index in [0.29, 0.717) is 35.2 Å². The number of nitrogens with zero attached hydrogens (tertiary/aromatic N) is 1. The van der Waals surface area contributed by atoms with Gasteiger partial charge in [-0.25, -0.2) is 0 Å². The average Bonchev–Trinajstić information content (AvgIpc) is 3.01. The molecule has 5 rings (SSSR count). The van der Waals surface area contributed by atoms with Gasteiger partial charge in [0.2, 0.25) is 11.7 Å². The van der Waals surface area contributed by atoms with Crippen LogP contribution in [0, 0.1) is 0 Å². The van der Waals surface area contributed by atoms with Gasteiger partial charge in [-0.2, -0.15) is 0 Å². The molecule has 3 aromatic rings. The number of amides is 1. The van der Waals surface area contributed by atoms with E-state index in [1.807, 2.05) is 24.3 Å². The SMILES string of the molecule is COc1ccc(CC2c3c(cc(OC)c(OC)c3OC)CCN2CC(=O)NC2CCCc3ccccc32)cc1OC. The molecule has 3 aromatic carbocycles. The van der Waals surface area contributed by atoms with Crippen LogP contribution in [0.25, 0.3) is 0 Å². The van der Waals surface area contributed by atoms with E-state index < -0.39 is 0 Å². The molecule has 2 unspecified atom stereocenters. The first-order valence-electron chi connectivity index (χ1n) is 14.1. The zero-order valence-electron chi connectivity index (χ0n) is 24.6. The predicted molar refractivity (Wildman–Crippen MR) is 158 cm³/mol. The van der Waals surface area contributed by atoms with Gasteiger partial charge in [-0.15, -0.1) is 0 Å². The van der Waals surface area contributed by atoms with E-state index in [-0.39, 0.29) is 24.5 Å². The number of fused-ring (bicyclic) bond motifs is 2. The minimum Gasteiger partial charge on any atom is -0.493 e. The van der Waals surface area contributed by atoms with E-state index in [0.717, 1.165) is 48.9 Å². The summed E-state index contributed by atoms with van der Waals surface area (Å²) in [5, 5.41) is 3.34. The van der Waals surface area contributed by atoms with Gasteiger partial charge in [0, 0.05) is 18.2 Å². The second-order valence-corrected chi connectivity index (χ2v) is 10.6. The molecule has 218 valence electrons. The lowest BCUT2D eigenvalue weighted by Gasteiger charge is -2.39. The van der Waals surface area contributed by atoms with Gasteiger partial charge in [0.1, 0.15) is 0 Å². The third-order valence-electron chi connectivity index (χ3n) is 8.32. The van der Waals surface area contributed by atoms with Gasteiger partial charge in [-0.3, -0.25) is 9.69 Å². The van der Waals surface area contributed by atoms with Crippen LogP contribution in [0.4, 0.5) is 0 Å². The number of ether oxygens (including phenoxy) is 5. The topological polar surface area (TPSA) is 78.5 Å². The van der Waals surface area contributed by atoms with Crippen molar-refractivity contribution < 1.29 is 28.5 Å². The van der Waals surface area contributed by atoms with Crippen LogP contribution >= 0.6 is 0 Å². The maximum Gasteiger partial charge on any atom is 0.234 e. The summed E-state index contributed by atoms with van der Waals surface area (Å²) in [5.74, 6) is 3.19. The molecule has 2 aliphatic rings. The van der Waals surface area contributed by atoms with Crippen molar-refractivity contribution >= 4 is 5.91 Å².